The Morgan fingerprint density at radius 3 is 2.67 bits per heavy atom. The second-order valence-electron chi connectivity index (χ2n) is 4.80. The zero-order valence-electron chi connectivity index (χ0n) is 13.3. The van der Waals surface area contributed by atoms with Crippen LogP contribution in [0.2, 0.25) is 0 Å². The average Bonchev–Trinajstić information content (AvgIpc) is 2.50. The molecular weight excluding hydrogens is 396 g/mol. The zero-order chi connectivity index (χ0) is 16.8. The maximum atomic E-state index is 14.3. The van der Waals surface area contributed by atoms with Gasteiger partial charge >= 0.3 is 0 Å². The van der Waals surface area contributed by atoms with Crippen LogP contribution in [0.4, 0.5) is 13.2 Å². The first-order chi connectivity index (χ1) is 11.0. The average molecular weight is 413 g/mol. The fourth-order valence-corrected chi connectivity index (χ4v) is 2.12. The molecule has 0 atom stereocenters. The summed E-state index contributed by atoms with van der Waals surface area (Å²) < 4.78 is 50.0. The summed E-state index contributed by atoms with van der Waals surface area (Å²) in [4.78, 5) is 1.24. The zero-order valence-corrected chi connectivity index (χ0v) is 16.1. The Morgan fingerprint density at radius 1 is 1.29 bits per heavy atom. The molecule has 0 N–H and O–H groups in total. The number of hydrogen-bond acceptors (Lipinski definition) is 3. The number of hydrogen-bond donors (Lipinski definition) is 0. The minimum absolute atomic E-state index is 0. The molecule has 0 fully saturated rings. The first-order valence-electron chi connectivity index (χ1n) is 6.99. The number of benzene rings is 1. The molecule has 0 aliphatic carbocycles. The van der Waals surface area contributed by atoms with Crippen LogP contribution in [0.1, 0.15) is 5.56 Å². The van der Waals surface area contributed by atoms with Gasteiger partial charge in [0.05, 0.1) is 19.0 Å². The number of rotatable bonds is 7. The van der Waals surface area contributed by atoms with Crippen molar-refractivity contribution in [3.05, 3.63) is 60.1 Å². The summed E-state index contributed by atoms with van der Waals surface area (Å²) in [6, 6.07) is 4.26. The van der Waals surface area contributed by atoms with Crippen molar-refractivity contribution in [2.45, 2.75) is 6.43 Å². The SMILES string of the molecule is C=C1C=C[C-]=C(c2ccc(OCCOC)cc2F)N1CC(F)F.[Y]. The van der Waals surface area contributed by atoms with Crippen LogP contribution >= 0.6 is 0 Å². The first-order valence-corrected chi connectivity index (χ1v) is 6.99. The van der Waals surface area contributed by atoms with E-state index in [0.717, 1.165) is 0 Å². The fraction of sp³-hybridized carbons (Fsp3) is 0.294. The third-order valence-corrected chi connectivity index (χ3v) is 3.18. The van der Waals surface area contributed by atoms with Crippen molar-refractivity contribution in [2.75, 3.05) is 26.9 Å². The predicted molar refractivity (Wildman–Crippen MR) is 81.4 cm³/mol. The van der Waals surface area contributed by atoms with Crippen molar-refractivity contribution in [3.8, 4) is 5.75 Å². The van der Waals surface area contributed by atoms with Gasteiger partial charge < -0.3 is 14.4 Å². The van der Waals surface area contributed by atoms with Gasteiger partial charge in [0.1, 0.15) is 12.4 Å². The van der Waals surface area contributed by atoms with Crippen molar-refractivity contribution >= 4 is 5.70 Å². The molecule has 0 unspecified atom stereocenters. The van der Waals surface area contributed by atoms with Gasteiger partial charge in [-0.15, -0.1) is 12.1 Å². The van der Waals surface area contributed by atoms with Gasteiger partial charge in [-0.25, -0.2) is 13.2 Å². The number of ether oxygens (including phenoxy) is 2. The number of methoxy groups -OCH3 is 1. The molecule has 2 rings (SSSR count). The molecule has 0 aromatic heterocycles. The van der Waals surface area contributed by atoms with Crippen LogP contribution in [0.25, 0.3) is 5.70 Å². The summed E-state index contributed by atoms with van der Waals surface area (Å²) in [5, 5.41) is 0. The van der Waals surface area contributed by atoms with E-state index >= 15 is 0 Å². The smallest absolute Gasteiger partial charge is 0.256 e. The maximum Gasteiger partial charge on any atom is 0.256 e. The molecule has 1 aliphatic heterocycles. The monoisotopic (exact) mass is 413 g/mol. The fourth-order valence-electron chi connectivity index (χ4n) is 2.12. The van der Waals surface area contributed by atoms with E-state index < -0.39 is 18.8 Å². The molecule has 3 nitrogen and oxygen atoms in total. The van der Waals surface area contributed by atoms with E-state index in [9.17, 15) is 13.2 Å². The molecular formula is C17H17F3NO2Y-. The molecule has 0 spiro atoms. The minimum Gasteiger partial charge on any atom is -0.491 e. The van der Waals surface area contributed by atoms with Crippen LogP contribution in [0, 0.1) is 11.9 Å². The van der Waals surface area contributed by atoms with Gasteiger partial charge in [-0.3, -0.25) is 0 Å². The first kappa shape index (κ1) is 20.9. The van der Waals surface area contributed by atoms with E-state index in [2.05, 4.69) is 12.7 Å². The third-order valence-electron chi connectivity index (χ3n) is 3.18. The second kappa shape index (κ2) is 10.0. The van der Waals surface area contributed by atoms with Crippen LogP contribution in [0.3, 0.4) is 0 Å². The van der Waals surface area contributed by atoms with Crippen LogP contribution in [-0.4, -0.2) is 38.2 Å². The van der Waals surface area contributed by atoms with E-state index in [1.807, 2.05) is 0 Å². The number of halogens is 3. The van der Waals surface area contributed by atoms with Gasteiger partial charge in [0, 0.05) is 45.9 Å². The summed E-state index contributed by atoms with van der Waals surface area (Å²) in [5.74, 6) is -0.237. The topological polar surface area (TPSA) is 21.7 Å². The third kappa shape index (κ3) is 5.47. The molecule has 0 bridgehead atoms. The summed E-state index contributed by atoms with van der Waals surface area (Å²) in [5.41, 5.74) is 0.743. The van der Waals surface area contributed by atoms with E-state index in [1.165, 1.54) is 30.2 Å². The molecule has 1 aliphatic rings. The Labute approximate surface area is 164 Å². The van der Waals surface area contributed by atoms with Crippen LogP contribution in [-0.2, 0) is 37.4 Å². The molecule has 7 heteroatoms. The van der Waals surface area contributed by atoms with Crippen LogP contribution in [0.5, 0.6) is 5.75 Å². The van der Waals surface area contributed by atoms with Crippen LogP contribution < -0.4 is 4.74 Å². The van der Waals surface area contributed by atoms with Gasteiger partial charge in [0.15, 0.2) is 0 Å². The molecule has 1 radical (unpaired) electrons. The number of allylic oxidation sites excluding steroid dienone is 3. The molecule has 0 saturated carbocycles. The molecule has 24 heavy (non-hydrogen) atoms. The largest absolute Gasteiger partial charge is 0.491 e. The second-order valence-corrected chi connectivity index (χ2v) is 4.80. The van der Waals surface area contributed by atoms with E-state index in [4.69, 9.17) is 9.47 Å². The van der Waals surface area contributed by atoms with Gasteiger partial charge in [-0.05, 0) is 11.8 Å². The van der Waals surface area contributed by atoms with Crippen molar-refractivity contribution in [1.82, 2.24) is 4.90 Å². The van der Waals surface area contributed by atoms with Gasteiger partial charge in [-0.1, -0.05) is 17.8 Å². The maximum absolute atomic E-state index is 14.3. The Morgan fingerprint density at radius 2 is 2.04 bits per heavy atom. The summed E-state index contributed by atoms with van der Waals surface area (Å²) in [7, 11) is 1.54. The van der Waals surface area contributed by atoms with Crippen molar-refractivity contribution in [1.29, 1.82) is 0 Å². The molecule has 0 saturated heterocycles. The van der Waals surface area contributed by atoms with Gasteiger partial charge in [0.25, 0.3) is 6.43 Å². The van der Waals surface area contributed by atoms with Gasteiger partial charge in [0.2, 0.25) is 0 Å². The summed E-state index contributed by atoms with van der Waals surface area (Å²) >= 11 is 0. The minimum atomic E-state index is -2.57. The van der Waals surface area contributed by atoms with Gasteiger partial charge in [-0.2, -0.15) is 12.2 Å². The number of alkyl halides is 2. The van der Waals surface area contributed by atoms with Crippen molar-refractivity contribution in [3.63, 3.8) is 0 Å². The Hall–Kier alpha value is -1.11. The standard InChI is InChI=1S/C17H17F3NO2.Y/c1-12-4-3-5-16(21(12)11-17(19)20)14-7-6-13(10-15(14)18)23-9-8-22-2;/h3-4,6-7,10,17H,1,8-9,11H2,2H3;/q-1;. The number of nitrogens with zero attached hydrogens (tertiary/aromatic N) is 1. The quantitative estimate of drug-likeness (QED) is 0.504. The van der Waals surface area contributed by atoms with E-state index in [0.29, 0.717) is 24.7 Å². The Kier molecular flexibility index (Phi) is 8.74. The molecule has 1 aromatic rings. The molecule has 1 aromatic carbocycles. The summed E-state index contributed by atoms with van der Waals surface area (Å²) in [6.45, 7) is 3.81. The summed E-state index contributed by atoms with van der Waals surface area (Å²) in [6.07, 6.45) is 3.30. The Balaban J connectivity index is 0.00000288. The van der Waals surface area contributed by atoms with Crippen LogP contribution in [0.15, 0.2) is 42.6 Å². The van der Waals surface area contributed by atoms with E-state index in [1.54, 1.807) is 12.1 Å². The normalized spacial score (nSPS) is 13.8. The Bertz CT molecular complexity index is 632. The van der Waals surface area contributed by atoms with Crippen molar-refractivity contribution in [2.24, 2.45) is 0 Å². The molecule has 1 heterocycles. The van der Waals surface area contributed by atoms with Crippen molar-refractivity contribution < 1.29 is 55.4 Å². The molecule has 127 valence electrons. The van der Waals surface area contributed by atoms with E-state index in [-0.39, 0.29) is 44.0 Å². The predicted octanol–water partition coefficient (Wildman–Crippen LogP) is 3.64. The molecule has 0 amide bonds.